The van der Waals surface area contributed by atoms with Gasteiger partial charge < -0.3 is 20.3 Å². The number of ether oxygens (including phenoxy) is 1. The van der Waals surface area contributed by atoms with E-state index in [-0.39, 0.29) is 42.7 Å². The van der Waals surface area contributed by atoms with Gasteiger partial charge in [-0.25, -0.2) is 17.2 Å². The molecule has 1 unspecified atom stereocenters. The fraction of sp³-hybridized carbons (Fsp3) is 0.346. The predicted octanol–water partition coefficient (Wildman–Crippen LogP) is 2.73. The molecule has 1 atom stereocenters. The van der Waals surface area contributed by atoms with E-state index in [2.05, 4.69) is 20.8 Å². The van der Waals surface area contributed by atoms with Crippen LogP contribution < -0.4 is 15.5 Å². The monoisotopic (exact) mass is 574 g/mol. The lowest BCUT2D eigenvalue weighted by atomic mass is 10.1. The third kappa shape index (κ3) is 5.55. The minimum atomic E-state index is -4.23. The van der Waals surface area contributed by atoms with Gasteiger partial charge in [-0.3, -0.25) is 14.7 Å². The number of carbonyl (C=O) groups excluding carboxylic acids is 2. The van der Waals surface area contributed by atoms with Crippen LogP contribution in [-0.4, -0.2) is 68.6 Å². The van der Waals surface area contributed by atoms with Crippen molar-refractivity contribution in [3.8, 4) is 0 Å². The fourth-order valence-corrected chi connectivity index (χ4v) is 6.12. The quantitative estimate of drug-likeness (QED) is 0.395. The van der Waals surface area contributed by atoms with Gasteiger partial charge in [0, 0.05) is 63.2 Å². The standard InChI is InChI=1S/C26H28F2N6O5S/c1-33(2)18-3-4-20(23(12-18)29-25(35)15-6-8-39-14-15)26(36)30-24-21-13-34(7-5-22(21)31-32-24)40(37,38)19-10-16(27)9-17(28)11-19/h3-4,9-12,15H,5-8,13-14H2,1-2H3,(H,29,35)(H2,30,31,32,36). The van der Waals surface area contributed by atoms with Crippen molar-refractivity contribution in [2.45, 2.75) is 24.3 Å². The van der Waals surface area contributed by atoms with Crippen LogP contribution in [0.25, 0.3) is 0 Å². The molecule has 0 radical (unpaired) electrons. The molecule has 5 rings (SSSR count). The number of hydrogen-bond acceptors (Lipinski definition) is 7. The molecule has 3 aromatic rings. The first-order valence-corrected chi connectivity index (χ1v) is 14.0. The first-order chi connectivity index (χ1) is 19.0. The van der Waals surface area contributed by atoms with E-state index >= 15 is 0 Å². The van der Waals surface area contributed by atoms with Crippen LogP contribution in [0.15, 0.2) is 41.3 Å². The van der Waals surface area contributed by atoms with Crippen molar-refractivity contribution in [1.82, 2.24) is 14.5 Å². The molecule has 1 fully saturated rings. The van der Waals surface area contributed by atoms with E-state index in [1.807, 2.05) is 19.0 Å². The van der Waals surface area contributed by atoms with Crippen LogP contribution >= 0.6 is 0 Å². The minimum absolute atomic E-state index is 0.0517. The maximum atomic E-state index is 13.7. The van der Waals surface area contributed by atoms with Gasteiger partial charge >= 0.3 is 0 Å². The SMILES string of the molecule is CN(C)c1ccc(C(=O)Nc2n[nH]c3c2CN(S(=O)(=O)c2cc(F)cc(F)c2)CC3)c(NC(=O)C2CCOC2)c1. The fourth-order valence-electron chi connectivity index (χ4n) is 4.67. The number of nitrogens with one attached hydrogen (secondary N) is 3. The number of amides is 2. The van der Waals surface area contributed by atoms with Crippen molar-refractivity contribution in [3.05, 3.63) is 64.9 Å². The molecule has 2 aliphatic rings. The third-order valence-electron chi connectivity index (χ3n) is 6.93. The average Bonchev–Trinajstić information content (AvgIpc) is 3.58. The number of aromatic amines is 1. The number of carbonyl (C=O) groups is 2. The lowest BCUT2D eigenvalue weighted by molar-refractivity contribution is -0.119. The van der Waals surface area contributed by atoms with Crippen molar-refractivity contribution >= 4 is 39.0 Å². The van der Waals surface area contributed by atoms with Gasteiger partial charge in [0.1, 0.15) is 11.6 Å². The lowest BCUT2D eigenvalue weighted by Crippen LogP contribution is -2.36. The second kappa shape index (κ2) is 10.9. The second-order valence-electron chi connectivity index (χ2n) is 9.85. The Bertz CT molecular complexity index is 1550. The van der Waals surface area contributed by atoms with Crippen LogP contribution in [0.3, 0.4) is 0 Å². The number of sulfonamides is 1. The van der Waals surface area contributed by atoms with Gasteiger partial charge in [0.05, 0.1) is 28.7 Å². The van der Waals surface area contributed by atoms with Crippen LogP contribution in [0, 0.1) is 17.6 Å². The number of fused-ring (bicyclic) bond motifs is 1. The smallest absolute Gasteiger partial charge is 0.258 e. The summed E-state index contributed by atoms with van der Waals surface area (Å²) < 4.78 is 60.1. The van der Waals surface area contributed by atoms with Gasteiger partial charge in [0.15, 0.2) is 5.82 Å². The van der Waals surface area contributed by atoms with E-state index in [0.717, 1.165) is 22.1 Å². The molecule has 2 aromatic carbocycles. The molecule has 212 valence electrons. The molecule has 0 saturated carbocycles. The molecule has 40 heavy (non-hydrogen) atoms. The number of benzene rings is 2. The van der Waals surface area contributed by atoms with Crippen molar-refractivity contribution in [1.29, 1.82) is 0 Å². The molecule has 0 bridgehead atoms. The Morgan fingerprint density at radius 3 is 2.55 bits per heavy atom. The summed E-state index contributed by atoms with van der Waals surface area (Å²) in [5.41, 5.74) is 2.32. The predicted molar refractivity (Wildman–Crippen MR) is 143 cm³/mol. The van der Waals surface area contributed by atoms with Crippen molar-refractivity contribution < 1.29 is 31.5 Å². The molecule has 2 aliphatic heterocycles. The number of hydrogen-bond donors (Lipinski definition) is 3. The van der Waals surface area contributed by atoms with Gasteiger partial charge in [-0.05, 0) is 36.8 Å². The Kier molecular flexibility index (Phi) is 7.57. The highest BCUT2D eigenvalue weighted by molar-refractivity contribution is 7.89. The summed E-state index contributed by atoms with van der Waals surface area (Å²) in [5.74, 6) is -3.04. The molecular formula is C26H28F2N6O5S. The zero-order valence-corrected chi connectivity index (χ0v) is 22.6. The summed E-state index contributed by atoms with van der Waals surface area (Å²) in [7, 11) is -0.564. The van der Waals surface area contributed by atoms with Gasteiger partial charge in [-0.2, -0.15) is 9.40 Å². The summed E-state index contributed by atoms with van der Waals surface area (Å²) in [6.45, 7) is 0.680. The highest BCUT2D eigenvalue weighted by Gasteiger charge is 2.32. The van der Waals surface area contributed by atoms with Crippen LogP contribution in [0.5, 0.6) is 0 Å². The summed E-state index contributed by atoms with van der Waals surface area (Å²) in [5, 5.41) is 12.6. The zero-order chi connectivity index (χ0) is 28.6. The topological polar surface area (TPSA) is 137 Å². The number of aromatic nitrogens is 2. The van der Waals surface area contributed by atoms with E-state index in [9.17, 15) is 26.8 Å². The van der Waals surface area contributed by atoms with Crippen LogP contribution in [0.2, 0.25) is 0 Å². The van der Waals surface area contributed by atoms with Crippen molar-refractivity contribution in [2.24, 2.45) is 5.92 Å². The van der Waals surface area contributed by atoms with E-state index in [4.69, 9.17) is 4.74 Å². The lowest BCUT2D eigenvalue weighted by Gasteiger charge is -2.26. The molecule has 1 aromatic heterocycles. The molecule has 0 aliphatic carbocycles. The highest BCUT2D eigenvalue weighted by Crippen LogP contribution is 2.30. The maximum Gasteiger partial charge on any atom is 0.258 e. The third-order valence-corrected chi connectivity index (χ3v) is 8.75. The Balaban J connectivity index is 1.39. The average molecular weight is 575 g/mol. The molecule has 3 heterocycles. The van der Waals surface area contributed by atoms with Crippen LogP contribution in [-0.2, 0) is 32.5 Å². The maximum absolute atomic E-state index is 13.7. The second-order valence-corrected chi connectivity index (χ2v) is 11.8. The molecule has 1 saturated heterocycles. The van der Waals surface area contributed by atoms with Crippen molar-refractivity contribution in [3.63, 3.8) is 0 Å². The van der Waals surface area contributed by atoms with E-state index in [0.29, 0.717) is 42.6 Å². The largest absolute Gasteiger partial charge is 0.381 e. The number of nitrogens with zero attached hydrogens (tertiary/aromatic N) is 3. The van der Waals surface area contributed by atoms with E-state index in [1.165, 1.54) is 0 Å². The Hall–Kier alpha value is -3.88. The van der Waals surface area contributed by atoms with Gasteiger partial charge in [-0.15, -0.1) is 0 Å². The zero-order valence-electron chi connectivity index (χ0n) is 21.8. The minimum Gasteiger partial charge on any atom is -0.381 e. The number of H-pyrrole nitrogens is 1. The Morgan fingerprint density at radius 1 is 1.12 bits per heavy atom. The Morgan fingerprint density at radius 2 is 1.88 bits per heavy atom. The first kappa shape index (κ1) is 27.7. The first-order valence-electron chi connectivity index (χ1n) is 12.6. The number of rotatable bonds is 7. The molecular weight excluding hydrogens is 546 g/mol. The summed E-state index contributed by atoms with van der Waals surface area (Å²) in [6.07, 6.45) is 0.833. The van der Waals surface area contributed by atoms with E-state index < -0.39 is 32.5 Å². The van der Waals surface area contributed by atoms with Crippen LogP contribution in [0.4, 0.5) is 26.0 Å². The molecule has 0 spiro atoms. The van der Waals surface area contributed by atoms with Gasteiger partial charge in [0.2, 0.25) is 15.9 Å². The normalized spacial score (nSPS) is 17.4. The number of anilines is 3. The molecule has 11 nitrogen and oxygen atoms in total. The summed E-state index contributed by atoms with van der Waals surface area (Å²) >= 11 is 0. The van der Waals surface area contributed by atoms with E-state index in [1.54, 1.807) is 18.2 Å². The van der Waals surface area contributed by atoms with Crippen molar-refractivity contribution in [2.75, 3.05) is 49.4 Å². The number of halogens is 2. The molecule has 3 N–H and O–H groups in total. The van der Waals surface area contributed by atoms with Gasteiger partial charge in [0.25, 0.3) is 5.91 Å². The molecule has 14 heteroatoms. The molecule has 2 amide bonds. The summed E-state index contributed by atoms with van der Waals surface area (Å²) in [6, 6.07) is 7.12. The summed E-state index contributed by atoms with van der Waals surface area (Å²) in [4.78, 5) is 27.5. The van der Waals surface area contributed by atoms with Crippen LogP contribution in [0.1, 0.15) is 28.0 Å². The van der Waals surface area contributed by atoms with Gasteiger partial charge in [-0.1, -0.05) is 0 Å². The highest BCUT2D eigenvalue weighted by atomic mass is 32.2. The Labute approximate surface area is 229 Å².